The molecule has 0 aliphatic rings. The Morgan fingerprint density at radius 1 is 1.38 bits per heavy atom. The monoisotopic (exact) mass is 236 g/mol. The van der Waals surface area contributed by atoms with Crippen molar-refractivity contribution in [3.05, 3.63) is 50.9 Å². The second kappa shape index (κ2) is 4.18. The maximum absolute atomic E-state index is 11.3. The van der Waals surface area contributed by atoms with Gasteiger partial charge in [-0.15, -0.1) is 0 Å². The van der Waals surface area contributed by atoms with Gasteiger partial charge in [-0.1, -0.05) is 24.6 Å². The summed E-state index contributed by atoms with van der Waals surface area (Å²) in [7, 11) is 0. The molecule has 1 aromatic carbocycles. The fraction of sp³-hybridized carbons (Fsp3) is 0.250. The normalized spacial score (nSPS) is 10.7. The molecule has 4 heteroatoms. The van der Waals surface area contributed by atoms with Crippen LogP contribution in [0.25, 0.3) is 5.69 Å². The summed E-state index contributed by atoms with van der Waals surface area (Å²) in [6.45, 7) is 4.00. The Kier molecular flexibility index (Phi) is 2.88. The van der Waals surface area contributed by atoms with Crippen LogP contribution in [-0.2, 0) is 6.42 Å². The summed E-state index contributed by atoms with van der Waals surface area (Å²) >= 11 is 5.96. The van der Waals surface area contributed by atoms with Crippen LogP contribution < -0.4 is 5.56 Å². The van der Waals surface area contributed by atoms with Gasteiger partial charge in [-0.3, -0.25) is 14.6 Å². The molecule has 1 heterocycles. The van der Waals surface area contributed by atoms with Gasteiger partial charge < -0.3 is 0 Å². The summed E-state index contributed by atoms with van der Waals surface area (Å²) in [5, 5.41) is 3.45. The van der Waals surface area contributed by atoms with Gasteiger partial charge in [-0.05, 0) is 31.0 Å². The second-order valence-corrected chi connectivity index (χ2v) is 4.17. The van der Waals surface area contributed by atoms with E-state index in [1.165, 1.54) is 0 Å². The minimum atomic E-state index is -0.0868. The molecule has 1 aromatic heterocycles. The van der Waals surface area contributed by atoms with Gasteiger partial charge in [0.1, 0.15) is 0 Å². The van der Waals surface area contributed by atoms with Crippen LogP contribution in [0.2, 0.25) is 5.02 Å². The van der Waals surface area contributed by atoms with Crippen LogP contribution >= 0.6 is 11.6 Å². The SMILES string of the molecule is CCc1cc(=O)[nH]n1-c1cc(Cl)ccc1C. The zero-order chi connectivity index (χ0) is 11.7. The fourth-order valence-electron chi connectivity index (χ4n) is 1.73. The lowest BCUT2D eigenvalue weighted by Gasteiger charge is -2.10. The third kappa shape index (κ3) is 1.91. The Morgan fingerprint density at radius 2 is 2.12 bits per heavy atom. The van der Waals surface area contributed by atoms with Gasteiger partial charge in [0.25, 0.3) is 5.56 Å². The van der Waals surface area contributed by atoms with Crippen molar-refractivity contribution in [2.45, 2.75) is 20.3 Å². The number of benzene rings is 1. The first-order valence-electron chi connectivity index (χ1n) is 5.19. The third-order valence-electron chi connectivity index (χ3n) is 2.58. The van der Waals surface area contributed by atoms with Crippen molar-refractivity contribution < 1.29 is 0 Å². The van der Waals surface area contributed by atoms with Gasteiger partial charge in [-0.25, -0.2) is 0 Å². The zero-order valence-electron chi connectivity index (χ0n) is 9.25. The Hall–Kier alpha value is -1.48. The molecule has 2 aromatic rings. The Bertz CT molecular complexity index is 569. The van der Waals surface area contributed by atoms with Gasteiger partial charge >= 0.3 is 0 Å². The largest absolute Gasteiger partial charge is 0.268 e. The standard InChI is InChI=1S/C12H13ClN2O/c1-3-10-7-12(16)14-15(10)11-6-9(13)5-4-8(11)2/h4-7H,3H2,1-2H3,(H,14,16). The fourth-order valence-corrected chi connectivity index (χ4v) is 1.90. The highest BCUT2D eigenvalue weighted by molar-refractivity contribution is 6.30. The number of rotatable bonds is 2. The molecule has 0 atom stereocenters. The van der Waals surface area contributed by atoms with Crippen molar-refractivity contribution in [2.75, 3.05) is 0 Å². The first kappa shape index (κ1) is 11.0. The molecule has 0 saturated heterocycles. The number of nitrogens with zero attached hydrogens (tertiary/aromatic N) is 1. The molecular weight excluding hydrogens is 224 g/mol. The lowest BCUT2D eigenvalue weighted by molar-refractivity contribution is 0.800. The first-order valence-corrected chi connectivity index (χ1v) is 5.57. The number of hydrogen-bond acceptors (Lipinski definition) is 1. The van der Waals surface area contributed by atoms with Crippen LogP contribution in [0.5, 0.6) is 0 Å². The van der Waals surface area contributed by atoms with Gasteiger partial charge in [0.15, 0.2) is 0 Å². The third-order valence-corrected chi connectivity index (χ3v) is 2.82. The van der Waals surface area contributed by atoms with Gasteiger partial charge in [0.05, 0.1) is 5.69 Å². The molecule has 0 aliphatic carbocycles. The summed E-state index contributed by atoms with van der Waals surface area (Å²) in [6, 6.07) is 7.25. The minimum Gasteiger partial charge on any atom is -0.268 e. The average molecular weight is 237 g/mol. The molecule has 84 valence electrons. The van der Waals surface area contributed by atoms with E-state index in [9.17, 15) is 4.79 Å². The molecule has 16 heavy (non-hydrogen) atoms. The summed E-state index contributed by atoms with van der Waals surface area (Å²) in [4.78, 5) is 11.3. The average Bonchev–Trinajstić information content (AvgIpc) is 2.63. The first-order chi connectivity index (χ1) is 7.61. The zero-order valence-corrected chi connectivity index (χ0v) is 10.0. The highest BCUT2D eigenvalue weighted by Crippen LogP contribution is 2.19. The number of aromatic nitrogens is 2. The van der Waals surface area contributed by atoms with E-state index in [4.69, 9.17) is 11.6 Å². The molecule has 3 nitrogen and oxygen atoms in total. The number of aromatic amines is 1. The molecular formula is C12H13ClN2O. The van der Waals surface area contributed by atoms with Crippen molar-refractivity contribution in [1.82, 2.24) is 9.78 Å². The predicted molar refractivity (Wildman–Crippen MR) is 65.5 cm³/mol. The molecule has 0 bridgehead atoms. The molecule has 2 rings (SSSR count). The van der Waals surface area contributed by atoms with Gasteiger partial charge in [-0.2, -0.15) is 0 Å². The number of halogens is 1. The highest BCUT2D eigenvalue weighted by Gasteiger charge is 2.07. The van der Waals surface area contributed by atoms with Crippen molar-refractivity contribution in [2.24, 2.45) is 0 Å². The van der Waals surface area contributed by atoms with E-state index in [1.54, 1.807) is 10.7 Å². The molecule has 0 unspecified atom stereocenters. The number of nitrogens with one attached hydrogen (secondary N) is 1. The molecule has 0 radical (unpaired) electrons. The van der Waals surface area contributed by atoms with E-state index in [0.717, 1.165) is 23.4 Å². The molecule has 0 aliphatic heterocycles. The van der Waals surface area contributed by atoms with Crippen LogP contribution in [0, 0.1) is 6.92 Å². The van der Waals surface area contributed by atoms with Crippen LogP contribution in [0.4, 0.5) is 0 Å². The molecule has 0 fully saturated rings. The van der Waals surface area contributed by atoms with E-state index in [1.807, 2.05) is 32.0 Å². The minimum absolute atomic E-state index is 0.0868. The Balaban J connectivity index is 2.66. The summed E-state index contributed by atoms with van der Waals surface area (Å²) in [6.07, 6.45) is 0.796. The number of hydrogen-bond donors (Lipinski definition) is 1. The molecule has 1 N–H and O–H groups in total. The summed E-state index contributed by atoms with van der Waals surface area (Å²) < 4.78 is 1.80. The number of aryl methyl sites for hydroxylation is 2. The molecule has 0 spiro atoms. The smallest absolute Gasteiger partial charge is 0.264 e. The quantitative estimate of drug-likeness (QED) is 0.856. The van der Waals surface area contributed by atoms with Crippen molar-refractivity contribution in [3.8, 4) is 5.69 Å². The lowest BCUT2D eigenvalue weighted by Crippen LogP contribution is -2.06. The van der Waals surface area contributed by atoms with Gasteiger partial charge in [0.2, 0.25) is 0 Å². The highest BCUT2D eigenvalue weighted by atomic mass is 35.5. The van der Waals surface area contributed by atoms with E-state index in [-0.39, 0.29) is 5.56 Å². The van der Waals surface area contributed by atoms with Crippen molar-refractivity contribution >= 4 is 11.6 Å². The van der Waals surface area contributed by atoms with E-state index in [2.05, 4.69) is 5.10 Å². The predicted octanol–water partition coefficient (Wildman–Crippen LogP) is 2.69. The Morgan fingerprint density at radius 3 is 2.81 bits per heavy atom. The van der Waals surface area contributed by atoms with Crippen LogP contribution in [-0.4, -0.2) is 9.78 Å². The van der Waals surface area contributed by atoms with Crippen molar-refractivity contribution in [3.63, 3.8) is 0 Å². The molecule has 0 saturated carbocycles. The van der Waals surface area contributed by atoms with E-state index in [0.29, 0.717) is 5.02 Å². The van der Waals surface area contributed by atoms with Crippen LogP contribution in [0.15, 0.2) is 29.1 Å². The van der Waals surface area contributed by atoms with Crippen LogP contribution in [0.1, 0.15) is 18.2 Å². The van der Waals surface area contributed by atoms with E-state index < -0.39 is 0 Å². The number of H-pyrrole nitrogens is 1. The maximum Gasteiger partial charge on any atom is 0.264 e. The van der Waals surface area contributed by atoms with Gasteiger partial charge in [0, 0.05) is 16.8 Å². The topological polar surface area (TPSA) is 37.8 Å². The van der Waals surface area contributed by atoms with E-state index >= 15 is 0 Å². The maximum atomic E-state index is 11.3. The Labute approximate surface area is 98.7 Å². The van der Waals surface area contributed by atoms with Crippen LogP contribution in [0.3, 0.4) is 0 Å². The van der Waals surface area contributed by atoms with Crippen molar-refractivity contribution in [1.29, 1.82) is 0 Å². The summed E-state index contributed by atoms with van der Waals surface area (Å²) in [5.74, 6) is 0. The second-order valence-electron chi connectivity index (χ2n) is 3.73. The lowest BCUT2D eigenvalue weighted by atomic mass is 10.2. The summed E-state index contributed by atoms with van der Waals surface area (Å²) in [5.41, 5.74) is 2.86. The molecule has 0 amide bonds.